The van der Waals surface area contributed by atoms with Crippen molar-refractivity contribution < 1.29 is 89.4 Å². The van der Waals surface area contributed by atoms with Crippen LogP contribution in [0.25, 0.3) is 18.2 Å². The number of anilines is 1. The molecule has 346 valence electrons. The van der Waals surface area contributed by atoms with Crippen LogP contribution in [0.2, 0.25) is 0 Å². The number of benzene rings is 3. The number of carbonyl (C=O) groups excluding carboxylic acids is 3. The number of aliphatic hydroxyl groups excluding tert-OH is 1. The molecule has 0 amide bonds. The zero-order chi connectivity index (χ0) is 44.6. The fourth-order valence-corrected chi connectivity index (χ4v) is 3.74. The molecule has 0 fully saturated rings. The van der Waals surface area contributed by atoms with E-state index in [1.807, 2.05) is 0 Å². The zero-order valence-corrected chi connectivity index (χ0v) is 34.9. The van der Waals surface area contributed by atoms with Crippen molar-refractivity contribution >= 4 is 53.2 Å². The Morgan fingerprint density at radius 1 is 0.597 bits per heavy atom. The van der Waals surface area contributed by atoms with E-state index in [2.05, 4.69) is 18.9 Å². The second kappa shape index (κ2) is 37.6. The van der Waals surface area contributed by atoms with Gasteiger partial charge in [-0.25, -0.2) is 14.4 Å². The van der Waals surface area contributed by atoms with Crippen LogP contribution in [0.1, 0.15) is 31.5 Å². The third kappa shape index (κ3) is 27.4. The van der Waals surface area contributed by atoms with Crippen LogP contribution in [-0.2, 0) is 59.9 Å². The molecule has 0 saturated carbocycles. The van der Waals surface area contributed by atoms with E-state index in [1.165, 1.54) is 83.1 Å². The molecule has 0 aromatic heterocycles. The minimum Gasteiger partial charge on any atom is -0.507 e. The number of nitrogens with zero attached hydrogens (tertiary/aromatic N) is 2. The maximum absolute atomic E-state index is 11.1. The molecule has 62 heavy (non-hydrogen) atoms. The summed E-state index contributed by atoms with van der Waals surface area (Å²) in [6.07, 6.45) is 8.05. The van der Waals surface area contributed by atoms with Crippen LogP contribution < -0.4 is 15.2 Å². The van der Waals surface area contributed by atoms with Crippen LogP contribution in [0.15, 0.2) is 72.8 Å². The van der Waals surface area contributed by atoms with Crippen LogP contribution in [0.4, 0.5) is 17.1 Å². The van der Waals surface area contributed by atoms with E-state index < -0.39 is 27.8 Å². The molecule has 0 spiro atoms. The number of rotatable bonds is 18. The molecular formula is C41H57FeN3O17. The van der Waals surface area contributed by atoms with Crippen molar-refractivity contribution in [1.82, 2.24) is 0 Å². The summed E-state index contributed by atoms with van der Waals surface area (Å²) in [6.45, 7) is 2.06. The first-order valence-corrected chi connectivity index (χ1v) is 17.0. The first kappa shape index (κ1) is 62.3. The standard InChI is InChI=1S/C13H15NO6.C13H17NO4.C10H9NO5.C3H8O2.2CH4.Fe/c1-18-7-8-20-12-9-11(14(16)17)5-3-10(12)4-6-13(15)19-2;1-16-7-8-18-12-9-11(14)5-3-10(12)4-6-13(15)17-2;1-16-10(13)5-3-7-2-4-8(11(14)15)6-9(7)12;1-5-3-2-4;;;/h3-6,9H,7-8H2,1-2H3;3-6,9H,7-8,14H2,1-2H3;2-6,12H,1H3;4H,2-3H2,1H3;2*1H4;/b2*6-4+;5-3+;;;;. The van der Waals surface area contributed by atoms with Gasteiger partial charge in [-0.2, -0.15) is 0 Å². The summed E-state index contributed by atoms with van der Waals surface area (Å²) < 4.78 is 38.5. The van der Waals surface area contributed by atoms with Gasteiger partial charge in [-0.05, 0) is 42.5 Å². The van der Waals surface area contributed by atoms with E-state index >= 15 is 0 Å². The number of esters is 3. The molecule has 0 atom stereocenters. The number of nitrogen functional groups attached to an aromatic ring is 1. The van der Waals surface area contributed by atoms with Gasteiger partial charge < -0.3 is 53.8 Å². The first-order chi connectivity index (χ1) is 28.2. The summed E-state index contributed by atoms with van der Waals surface area (Å²) in [6, 6.07) is 12.9. The molecule has 3 aromatic carbocycles. The Kier molecular flexibility index (Phi) is 37.8. The Labute approximate surface area is 371 Å². The molecule has 3 rings (SSSR count). The number of hydrogen-bond acceptors (Lipinski definition) is 18. The van der Waals surface area contributed by atoms with E-state index in [9.17, 15) is 39.7 Å². The Morgan fingerprint density at radius 3 is 1.32 bits per heavy atom. The number of nitro benzene ring substituents is 2. The average Bonchev–Trinajstić information content (AvgIpc) is 3.23. The molecule has 0 radical (unpaired) electrons. The van der Waals surface area contributed by atoms with Crippen LogP contribution in [0, 0.1) is 20.2 Å². The number of phenols is 1. The van der Waals surface area contributed by atoms with E-state index in [1.54, 1.807) is 38.5 Å². The molecule has 0 aliphatic heterocycles. The van der Waals surface area contributed by atoms with Crippen molar-refractivity contribution in [1.29, 1.82) is 0 Å². The number of hydrogen-bond donors (Lipinski definition) is 3. The van der Waals surface area contributed by atoms with Gasteiger partial charge in [0.2, 0.25) is 0 Å². The summed E-state index contributed by atoms with van der Waals surface area (Å²) in [5.41, 5.74) is 7.57. The number of ether oxygens (including phenoxy) is 8. The monoisotopic (exact) mass is 919 g/mol. The smallest absolute Gasteiger partial charge is 0.330 e. The van der Waals surface area contributed by atoms with Crippen molar-refractivity contribution in [3.05, 3.63) is 110 Å². The maximum atomic E-state index is 11.1. The topological polar surface area (TPSA) is 278 Å². The number of nitro groups is 2. The minimum absolute atomic E-state index is 0. The maximum Gasteiger partial charge on any atom is 0.330 e. The van der Waals surface area contributed by atoms with E-state index in [0.29, 0.717) is 54.7 Å². The van der Waals surface area contributed by atoms with Gasteiger partial charge in [-0.1, -0.05) is 14.9 Å². The first-order valence-electron chi connectivity index (χ1n) is 17.0. The quantitative estimate of drug-likeness (QED) is 0.0203. The van der Waals surface area contributed by atoms with Crippen molar-refractivity contribution in [3.63, 3.8) is 0 Å². The SMILES string of the molecule is C.C.COC(=O)/C=C/c1ccc([N+](=O)[O-])cc1O.COCCO.COCCOc1cc(N)ccc1/C=C/C(=O)OC.COCCOc1cc([N+](=O)[O-])ccc1/C=C/C(=O)OC.[Fe]. The van der Waals surface area contributed by atoms with Gasteiger partial charge in [0.05, 0.1) is 69.7 Å². The van der Waals surface area contributed by atoms with Crippen molar-refractivity contribution in [2.75, 3.05) is 88.0 Å². The third-order valence-corrected chi connectivity index (χ3v) is 6.66. The Morgan fingerprint density at radius 2 is 0.968 bits per heavy atom. The fourth-order valence-electron chi connectivity index (χ4n) is 3.74. The number of nitrogens with two attached hydrogens (primary N) is 1. The number of aromatic hydroxyl groups is 1. The van der Waals surface area contributed by atoms with Gasteiger partial charge in [0, 0.05) is 97.2 Å². The van der Waals surface area contributed by atoms with Crippen LogP contribution in [0.3, 0.4) is 0 Å². The van der Waals surface area contributed by atoms with Crippen molar-refractivity contribution in [3.8, 4) is 17.2 Å². The molecule has 20 nitrogen and oxygen atoms in total. The molecule has 0 aliphatic carbocycles. The normalized spacial score (nSPS) is 9.79. The minimum atomic E-state index is -0.618. The molecule has 21 heteroatoms. The number of carbonyl (C=O) groups is 3. The molecule has 0 unspecified atom stereocenters. The van der Waals surface area contributed by atoms with Gasteiger partial charge in [-0.15, -0.1) is 0 Å². The Bertz CT molecular complexity index is 1870. The summed E-state index contributed by atoms with van der Waals surface area (Å²) in [5.74, 6) is -0.878. The van der Waals surface area contributed by atoms with Crippen molar-refractivity contribution in [2.24, 2.45) is 0 Å². The Hall–Kier alpha value is -6.35. The average molecular weight is 920 g/mol. The van der Waals surface area contributed by atoms with Crippen molar-refractivity contribution in [2.45, 2.75) is 14.9 Å². The predicted molar refractivity (Wildman–Crippen MR) is 229 cm³/mol. The molecule has 4 N–H and O–H groups in total. The largest absolute Gasteiger partial charge is 0.507 e. The van der Waals surface area contributed by atoms with Crippen LogP contribution in [-0.4, -0.2) is 120 Å². The van der Waals surface area contributed by atoms with Gasteiger partial charge in [0.1, 0.15) is 30.5 Å². The molecule has 0 saturated heterocycles. The molecule has 0 bridgehead atoms. The van der Waals surface area contributed by atoms with E-state index in [0.717, 1.165) is 17.7 Å². The molecule has 0 heterocycles. The van der Waals surface area contributed by atoms with Gasteiger partial charge >= 0.3 is 17.9 Å². The Balaban J connectivity index is -0.000000378. The summed E-state index contributed by atoms with van der Waals surface area (Å²) in [7, 11) is 8.48. The fraction of sp³-hybridized carbons (Fsp3) is 0.341. The second-order valence-electron chi connectivity index (χ2n) is 10.7. The predicted octanol–water partition coefficient (Wildman–Crippen LogP) is 5.67. The summed E-state index contributed by atoms with van der Waals surface area (Å²) in [5, 5.41) is 38.5. The van der Waals surface area contributed by atoms with Crippen LogP contribution in [0.5, 0.6) is 17.2 Å². The number of non-ortho nitro benzene ring substituents is 2. The van der Waals surface area contributed by atoms with Gasteiger partial charge in [-0.3, -0.25) is 20.2 Å². The number of phenolic OH excluding ortho intramolecular Hbond substituents is 1. The molecular weight excluding hydrogens is 862 g/mol. The zero-order valence-electron chi connectivity index (χ0n) is 33.7. The summed E-state index contributed by atoms with van der Waals surface area (Å²) >= 11 is 0. The third-order valence-electron chi connectivity index (χ3n) is 6.66. The number of aliphatic hydroxyl groups is 1. The van der Waals surface area contributed by atoms with E-state index in [4.69, 9.17) is 29.8 Å². The van der Waals surface area contributed by atoms with Crippen LogP contribution >= 0.6 is 0 Å². The van der Waals surface area contributed by atoms with E-state index in [-0.39, 0.29) is 62.3 Å². The molecule has 0 aliphatic rings. The van der Waals surface area contributed by atoms with Gasteiger partial charge in [0.25, 0.3) is 11.4 Å². The van der Waals surface area contributed by atoms with Gasteiger partial charge in [0.15, 0.2) is 0 Å². The number of methoxy groups -OCH3 is 6. The molecule has 3 aromatic rings. The second-order valence-corrected chi connectivity index (χ2v) is 10.7. The summed E-state index contributed by atoms with van der Waals surface area (Å²) in [4.78, 5) is 52.8.